The Morgan fingerprint density at radius 1 is 1.11 bits per heavy atom. The standard InChI is InChI=1S/C15H15F2NO/c1-9-8-10(6-7-13(9)19-2)15(18)14-11(16)4-3-5-12(14)17/h3-8,15H,18H2,1-2H3. The van der Waals surface area contributed by atoms with E-state index in [9.17, 15) is 8.78 Å². The van der Waals surface area contributed by atoms with Gasteiger partial charge in [-0.1, -0.05) is 18.2 Å². The van der Waals surface area contributed by atoms with Crippen LogP contribution < -0.4 is 10.5 Å². The van der Waals surface area contributed by atoms with E-state index in [-0.39, 0.29) is 5.56 Å². The number of halogens is 2. The molecule has 19 heavy (non-hydrogen) atoms. The summed E-state index contributed by atoms with van der Waals surface area (Å²) in [6.07, 6.45) is 0. The molecule has 0 saturated carbocycles. The summed E-state index contributed by atoms with van der Waals surface area (Å²) in [4.78, 5) is 0. The van der Waals surface area contributed by atoms with E-state index in [2.05, 4.69) is 0 Å². The molecule has 0 spiro atoms. The fourth-order valence-electron chi connectivity index (χ4n) is 2.07. The van der Waals surface area contributed by atoms with Crippen molar-refractivity contribution >= 4 is 0 Å². The van der Waals surface area contributed by atoms with Gasteiger partial charge in [0.05, 0.1) is 13.2 Å². The number of hydrogen-bond donors (Lipinski definition) is 1. The van der Waals surface area contributed by atoms with Gasteiger partial charge in [-0.2, -0.15) is 0 Å². The highest BCUT2D eigenvalue weighted by Crippen LogP contribution is 2.28. The van der Waals surface area contributed by atoms with Crippen LogP contribution in [0.4, 0.5) is 8.78 Å². The minimum Gasteiger partial charge on any atom is -0.496 e. The number of methoxy groups -OCH3 is 1. The fourth-order valence-corrected chi connectivity index (χ4v) is 2.07. The van der Waals surface area contributed by atoms with Crippen LogP contribution in [0.3, 0.4) is 0 Å². The lowest BCUT2D eigenvalue weighted by Gasteiger charge is -2.16. The second-order valence-corrected chi connectivity index (χ2v) is 4.34. The molecule has 0 fully saturated rings. The molecule has 0 radical (unpaired) electrons. The van der Waals surface area contributed by atoms with Gasteiger partial charge in [0.15, 0.2) is 0 Å². The van der Waals surface area contributed by atoms with Crippen molar-refractivity contribution in [2.45, 2.75) is 13.0 Å². The minimum atomic E-state index is -0.842. The van der Waals surface area contributed by atoms with Crippen LogP contribution >= 0.6 is 0 Å². The summed E-state index contributed by atoms with van der Waals surface area (Å²) in [5, 5.41) is 0. The van der Waals surface area contributed by atoms with E-state index < -0.39 is 17.7 Å². The second kappa shape index (κ2) is 5.36. The van der Waals surface area contributed by atoms with Gasteiger partial charge in [-0.25, -0.2) is 8.78 Å². The van der Waals surface area contributed by atoms with Crippen molar-refractivity contribution in [1.82, 2.24) is 0 Å². The van der Waals surface area contributed by atoms with Crippen molar-refractivity contribution < 1.29 is 13.5 Å². The largest absolute Gasteiger partial charge is 0.496 e. The molecule has 0 aliphatic heterocycles. The Bertz CT molecular complexity index is 578. The molecule has 0 saturated heterocycles. The van der Waals surface area contributed by atoms with E-state index in [0.717, 1.165) is 5.56 Å². The molecule has 4 heteroatoms. The first-order valence-corrected chi connectivity index (χ1v) is 5.88. The molecule has 2 rings (SSSR count). The molecule has 2 nitrogen and oxygen atoms in total. The lowest BCUT2D eigenvalue weighted by atomic mass is 9.97. The Hall–Kier alpha value is -1.94. The lowest BCUT2D eigenvalue weighted by Crippen LogP contribution is -2.15. The summed E-state index contributed by atoms with van der Waals surface area (Å²) in [5.74, 6) is -0.563. The van der Waals surface area contributed by atoms with Crippen molar-refractivity contribution in [3.8, 4) is 5.75 Å². The van der Waals surface area contributed by atoms with Crippen LogP contribution in [0, 0.1) is 18.6 Å². The number of aryl methyl sites for hydroxylation is 1. The normalized spacial score (nSPS) is 12.3. The average Bonchev–Trinajstić information content (AvgIpc) is 2.38. The van der Waals surface area contributed by atoms with E-state index in [1.165, 1.54) is 18.2 Å². The van der Waals surface area contributed by atoms with Crippen LogP contribution in [-0.2, 0) is 0 Å². The van der Waals surface area contributed by atoms with E-state index in [1.807, 2.05) is 6.92 Å². The van der Waals surface area contributed by atoms with Crippen LogP contribution in [0.5, 0.6) is 5.75 Å². The lowest BCUT2D eigenvalue weighted by molar-refractivity contribution is 0.411. The summed E-state index contributed by atoms with van der Waals surface area (Å²) in [6, 6.07) is 8.11. The summed E-state index contributed by atoms with van der Waals surface area (Å²) in [7, 11) is 1.57. The molecular weight excluding hydrogens is 248 g/mol. The van der Waals surface area contributed by atoms with Gasteiger partial charge in [0.1, 0.15) is 17.4 Å². The molecule has 1 unspecified atom stereocenters. The third-order valence-corrected chi connectivity index (χ3v) is 3.09. The first-order chi connectivity index (χ1) is 9.04. The van der Waals surface area contributed by atoms with Gasteiger partial charge in [0.25, 0.3) is 0 Å². The zero-order valence-corrected chi connectivity index (χ0v) is 10.8. The molecule has 0 heterocycles. The smallest absolute Gasteiger partial charge is 0.131 e. The van der Waals surface area contributed by atoms with Gasteiger partial charge < -0.3 is 10.5 Å². The van der Waals surface area contributed by atoms with Gasteiger partial charge >= 0.3 is 0 Å². The quantitative estimate of drug-likeness (QED) is 0.921. The maximum Gasteiger partial charge on any atom is 0.131 e. The highest BCUT2D eigenvalue weighted by Gasteiger charge is 2.18. The summed E-state index contributed by atoms with van der Waals surface area (Å²) >= 11 is 0. The van der Waals surface area contributed by atoms with Gasteiger partial charge in [-0.15, -0.1) is 0 Å². The fraction of sp³-hybridized carbons (Fsp3) is 0.200. The third-order valence-electron chi connectivity index (χ3n) is 3.09. The van der Waals surface area contributed by atoms with Crippen molar-refractivity contribution in [2.24, 2.45) is 5.73 Å². The van der Waals surface area contributed by atoms with Gasteiger partial charge in [0, 0.05) is 5.56 Å². The molecule has 2 N–H and O–H groups in total. The second-order valence-electron chi connectivity index (χ2n) is 4.34. The van der Waals surface area contributed by atoms with Gasteiger partial charge in [-0.05, 0) is 36.2 Å². The SMILES string of the molecule is COc1ccc(C(N)c2c(F)cccc2F)cc1C. The number of ether oxygens (including phenoxy) is 1. The molecule has 0 aromatic heterocycles. The third kappa shape index (κ3) is 2.58. The molecule has 1 atom stereocenters. The zero-order chi connectivity index (χ0) is 14.0. The first-order valence-electron chi connectivity index (χ1n) is 5.88. The van der Waals surface area contributed by atoms with Crippen LogP contribution in [0.2, 0.25) is 0 Å². The average molecular weight is 263 g/mol. The molecule has 0 aliphatic rings. The number of benzene rings is 2. The molecule has 0 bridgehead atoms. The number of rotatable bonds is 3. The van der Waals surface area contributed by atoms with E-state index in [4.69, 9.17) is 10.5 Å². The zero-order valence-electron chi connectivity index (χ0n) is 10.8. The highest BCUT2D eigenvalue weighted by molar-refractivity contribution is 5.41. The van der Waals surface area contributed by atoms with Crippen molar-refractivity contribution in [3.63, 3.8) is 0 Å². The van der Waals surface area contributed by atoms with Gasteiger partial charge in [0.2, 0.25) is 0 Å². The Balaban J connectivity index is 2.44. The molecule has 2 aromatic rings. The maximum absolute atomic E-state index is 13.7. The van der Waals surface area contributed by atoms with Crippen LogP contribution in [0.15, 0.2) is 36.4 Å². The predicted molar refractivity (Wildman–Crippen MR) is 70.1 cm³/mol. The molecule has 100 valence electrons. The predicted octanol–water partition coefficient (Wildman–Crippen LogP) is 3.33. The highest BCUT2D eigenvalue weighted by atomic mass is 19.1. The maximum atomic E-state index is 13.7. The van der Waals surface area contributed by atoms with E-state index >= 15 is 0 Å². The summed E-state index contributed by atoms with van der Waals surface area (Å²) in [5.41, 5.74) is 7.35. The Kier molecular flexibility index (Phi) is 3.81. The summed E-state index contributed by atoms with van der Waals surface area (Å²) < 4.78 is 32.5. The van der Waals surface area contributed by atoms with Crippen LogP contribution in [0.1, 0.15) is 22.7 Å². The van der Waals surface area contributed by atoms with Gasteiger partial charge in [-0.3, -0.25) is 0 Å². The van der Waals surface area contributed by atoms with E-state index in [0.29, 0.717) is 11.3 Å². The Labute approximate surface area is 110 Å². The molecule has 0 aliphatic carbocycles. The number of hydrogen-bond acceptors (Lipinski definition) is 2. The van der Waals surface area contributed by atoms with E-state index in [1.54, 1.807) is 25.3 Å². The minimum absolute atomic E-state index is 0.118. The Morgan fingerprint density at radius 2 is 1.74 bits per heavy atom. The topological polar surface area (TPSA) is 35.2 Å². The van der Waals surface area contributed by atoms with Crippen LogP contribution in [0.25, 0.3) is 0 Å². The first kappa shape index (κ1) is 13.5. The van der Waals surface area contributed by atoms with Crippen molar-refractivity contribution in [1.29, 1.82) is 0 Å². The Morgan fingerprint density at radius 3 is 2.26 bits per heavy atom. The molecule has 0 amide bonds. The number of nitrogens with two attached hydrogens (primary N) is 1. The molecular formula is C15H15F2NO. The summed E-state index contributed by atoms with van der Waals surface area (Å²) in [6.45, 7) is 1.85. The molecule has 2 aromatic carbocycles. The van der Waals surface area contributed by atoms with Crippen LogP contribution in [-0.4, -0.2) is 7.11 Å². The van der Waals surface area contributed by atoms with Crippen molar-refractivity contribution in [3.05, 3.63) is 64.7 Å². The van der Waals surface area contributed by atoms with Crippen molar-refractivity contribution in [2.75, 3.05) is 7.11 Å². The monoisotopic (exact) mass is 263 g/mol.